The van der Waals surface area contributed by atoms with Crippen molar-refractivity contribution in [2.45, 2.75) is 17.6 Å². The standard InChI is InChI=1S/C8H8S/c1-6-2-3-8-7(4-6)5-9-8/h2-4H,5H2,1H3. The predicted octanol–water partition coefficient (Wildman–Crippen LogP) is 2.60. The average molecular weight is 136 g/mol. The molecule has 0 radical (unpaired) electrons. The molecule has 2 rings (SSSR count). The Bertz CT molecular complexity index is 240. The van der Waals surface area contributed by atoms with Crippen LogP contribution in [-0.2, 0) is 5.75 Å². The molecule has 0 spiro atoms. The van der Waals surface area contributed by atoms with Crippen LogP contribution in [0.5, 0.6) is 0 Å². The Kier molecular flexibility index (Phi) is 1.06. The molecule has 0 saturated heterocycles. The van der Waals surface area contributed by atoms with E-state index in [0.717, 1.165) is 0 Å². The summed E-state index contributed by atoms with van der Waals surface area (Å²) in [6, 6.07) is 6.65. The normalized spacial score (nSPS) is 14.3. The van der Waals surface area contributed by atoms with E-state index in [4.69, 9.17) is 0 Å². The second kappa shape index (κ2) is 1.77. The van der Waals surface area contributed by atoms with Crippen LogP contribution >= 0.6 is 11.8 Å². The number of aryl methyl sites for hydroxylation is 1. The van der Waals surface area contributed by atoms with Gasteiger partial charge in [0.1, 0.15) is 0 Å². The lowest BCUT2D eigenvalue weighted by Gasteiger charge is -2.17. The van der Waals surface area contributed by atoms with Crippen molar-refractivity contribution in [1.29, 1.82) is 0 Å². The van der Waals surface area contributed by atoms with Gasteiger partial charge >= 0.3 is 0 Å². The van der Waals surface area contributed by atoms with Crippen molar-refractivity contribution in [3.05, 3.63) is 29.3 Å². The molecule has 0 bridgehead atoms. The summed E-state index contributed by atoms with van der Waals surface area (Å²) in [6.45, 7) is 2.14. The number of rotatable bonds is 0. The maximum Gasteiger partial charge on any atom is 0.0243 e. The van der Waals surface area contributed by atoms with Crippen LogP contribution in [0.15, 0.2) is 23.1 Å². The molecular formula is C8H8S. The van der Waals surface area contributed by atoms with E-state index in [9.17, 15) is 0 Å². The van der Waals surface area contributed by atoms with Crippen molar-refractivity contribution in [3.63, 3.8) is 0 Å². The van der Waals surface area contributed by atoms with Gasteiger partial charge in [0.25, 0.3) is 0 Å². The highest BCUT2D eigenvalue weighted by atomic mass is 32.2. The Labute approximate surface area is 59.3 Å². The summed E-state index contributed by atoms with van der Waals surface area (Å²) in [5.41, 5.74) is 2.91. The lowest BCUT2D eigenvalue weighted by molar-refractivity contribution is 1.18. The van der Waals surface area contributed by atoms with E-state index in [1.165, 1.54) is 21.8 Å². The van der Waals surface area contributed by atoms with Crippen molar-refractivity contribution in [1.82, 2.24) is 0 Å². The quantitative estimate of drug-likeness (QED) is 0.528. The first-order valence-electron chi connectivity index (χ1n) is 3.08. The third-order valence-corrected chi connectivity index (χ3v) is 2.76. The highest BCUT2D eigenvalue weighted by molar-refractivity contribution is 7.99. The molecule has 1 aromatic rings. The van der Waals surface area contributed by atoms with Crippen LogP contribution in [0.3, 0.4) is 0 Å². The van der Waals surface area contributed by atoms with Gasteiger partial charge in [-0.3, -0.25) is 0 Å². The number of hydrogen-bond donors (Lipinski definition) is 0. The van der Waals surface area contributed by atoms with Crippen LogP contribution in [0.2, 0.25) is 0 Å². The number of thioether (sulfide) groups is 1. The van der Waals surface area contributed by atoms with E-state index in [2.05, 4.69) is 25.1 Å². The summed E-state index contributed by atoms with van der Waals surface area (Å²) in [7, 11) is 0. The summed E-state index contributed by atoms with van der Waals surface area (Å²) in [6.07, 6.45) is 0. The van der Waals surface area contributed by atoms with E-state index in [1.807, 2.05) is 11.8 Å². The maximum atomic E-state index is 2.27. The fourth-order valence-corrected chi connectivity index (χ4v) is 1.82. The summed E-state index contributed by atoms with van der Waals surface area (Å²) in [4.78, 5) is 1.47. The highest BCUT2D eigenvalue weighted by Gasteiger charge is 2.11. The number of fused-ring (bicyclic) bond motifs is 1. The summed E-state index contributed by atoms with van der Waals surface area (Å²) in [5, 5.41) is 0. The second-order valence-electron chi connectivity index (χ2n) is 2.40. The Morgan fingerprint density at radius 2 is 2.33 bits per heavy atom. The van der Waals surface area contributed by atoms with E-state index in [-0.39, 0.29) is 0 Å². The van der Waals surface area contributed by atoms with Crippen molar-refractivity contribution >= 4 is 11.8 Å². The minimum absolute atomic E-state index is 1.22. The molecule has 0 atom stereocenters. The highest BCUT2D eigenvalue weighted by Crippen LogP contribution is 2.37. The van der Waals surface area contributed by atoms with E-state index in [0.29, 0.717) is 0 Å². The Morgan fingerprint density at radius 3 is 2.78 bits per heavy atom. The largest absolute Gasteiger partial charge is 0.121 e. The molecule has 0 unspecified atom stereocenters. The number of benzene rings is 1. The Morgan fingerprint density at radius 1 is 1.44 bits per heavy atom. The van der Waals surface area contributed by atoms with Crippen molar-refractivity contribution in [2.75, 3.05) is 0 Å². The molecule has 0 N–H and O–H groups in total. The van der Waals surface area contributed by atoms with Gasteiger partial charge in [-0.15, -0.1) is 11.8 Å². The maximum absolute atomic E-state index is 2.27. The topological polar surface area (TPSA) is 0 Å². The van der Waals surface area contributed by atoms with E-state index < -0.39 is 0 Å². The van der Waals surface area contributed by atoms with Crippen molar-refractivity contribution < 1.29 is 0 Å². The molecular weight excluding hydrogens is 128 g/mol. The first kappa shape index (κ1) is 5.36. The molecule has 1 aliphatic rings. The summed E-state index contributed by atoms with van der Waals surface area (Å²) in [5.74, 6) is 1.22. The smallest absolute Gasteiger partial charge is 0.0243 e. The van der Waals surface area contributed by atoms with Gasteiger partial charge in [-0.1, -0.05) is 17.7 Å². The molecule has 0 amide bonds. The molecule has 0 nitrogen and oxygen atoms in total. The zero-order valence-electron chi connectivity index (χ0n) is 5.35. The van der Waals surface area contributed by atoms with Gasteiger partial charge in [0.2, 0.25) is 0 Å². The van der Waals surface area contributed by atoms with Crippen molar-refractivity contribution in [3.8, 4) is 0 Å². The van der Waals surface area contributed by atoms with E-state index >= 15 is 0 Å². The SMILES string of the molecule is Cc1ccc2c(c1)CS2. The second-order valence-corrected chi connectivity index (χ2v) is 3.42. The van der Waals surface area contributed by atoms with Crippen LogP contribution < -0.4 is 0 Å². The average Bonchev–Trinajstić information content (AvgIpc) is 1.78. The molecule has 0 fully saturated rings. The fraction of sp³-hybridized carbons (Fsp3) is 0.250. The minimum atomic E-state index is 1.22. The monoisotopic (exact) mass is 136 g/mol. The fourth-order valence-electron chi connectivity index (χ4n) is 1.04. The zero-order chi connectivity index (χ0) is 6.27. The van der Waals surface area contributed by atoms with Crippen molar-refractivity contribution in [2.24, 2.45) is 0 Å². The number of hydrogen-bond acceptors (Lipinski definition) is 1. The zero-order valence-corrected chi connectivity index (χ0v) is 6.16. The van der Waals surface area contributed by atoms with Gasteiger partial charge in [-0.2, -0.15) is 0 Å². The third kappa shape index (κ3) is 0.761. The molecule has 0 aliphatic carbocycles. The van der Waals surface area contributed by atoms with Gasteiger partial charge in [-0.25, -0.2) is 0 Å². The van der Waals surface area contributed by atoms with Crippen LogP contribution in [0.25, 0.3) is 0 Å². The van der Waals surface area contributed by atoms with Crippen LogP contribution in [0, 0.1) is 6.92 Å². The molecule has 0 aromatic heterocycles. The molecule has 1 aliphatic heterocycles. The summed E-state index contributed by atoms with van der Waals surface area (Å²) >= 11 is 1.94. The molecule has 1 heterocycles. The van der Waals surface area contributed by atoms with Gasteiger partial charge in [0, 0.05) is 10.6 Å². The first-order chi connectivity index (χ1) is 4.36. The summed E-state index contributed by atoms with van der Waals surface area (Å²) < 4.78 is 0. The van der Waals surface area contributed by atoms with Gasteiger partial charge in [0.15, 0.2) is 0 Å². The Hall–Kier alpha value is -0.430. The van der Waals surface area contributed by atoms with Crippen LogP contribution in [0.1, 0.15) is 11.1 Å². The van der Waals surface area contributed by atoms with Gasteiger partial charge in [-0.05, 0) is 18.6 Å². The van der Waals surface area contributed by atoms with Gasteiger partial charge < -0.3 is 0 Å². The lowest BCUT2D eigenvalue weighted by Crippen LogP contribution is -1.95. The molecule has 1 aromatic carbocycles. The molecule has 9 heavy (non-hydrogen) atoms. The predicted molar refractivity (Wildman–Crippen MR) is 40.7 cm³/mol. The van der Waals surface area contributed by atoms with Gasteiger partial charge in [0.05, 0.1) is 0 Å². The first-order valence-corrected chi connectivity index (χ1v) is 4.07. The van der Waals surface area contributed by atoms with Crippen LogP contribution in [-0.4, -0.2) is 0 Å². The molecule has 46 valence electrons. The van der Waals surface area contributed by atoms with Crippen LogP contribution in [0.4, 0.5) is 0 Å². The minimum Gasteiger partial charge on any atom is -0.121 e. The third-order valence-electron chi connectivity index (χ3n) is 1.60. The Balaban J connectivity index is 2.57. The van der Waals surface area contributed by atoms with E-state index in [1.54, 1.807) is 0 Å². The lowest BCUT2D eigenvalue weighted by atomic mass is 10.1. The molecule has 0 saturated carbocycles. The molecule has 1 heteroatoms.